The highest BCUT2D eigenvalue weighted by Gasteiger charge is 2.35. The van der Waals surface area contributed by atoms with Crippen molar-refractivity contribution in [1.82, 2.24) is 10.2 Å². The summed E-state index contributed by atoms with van der Waals surface area (Å²) in [6.45, 7) is 8.21. The molecule has 0 spiro atoms. The zero-order valence-corrected chi connectivity index (χ0v) is 12.1. The van der Waals surface area contributed by atoms with Crippen molar-refractivity contribution in [2.45, 2.75) is 58.1 Å². The van der Waals surface area contributed by atoms with E-state index in [0.29, 0.717) is 5.92 Å². The Morgan fingerprint density at radius 2 is 1.94 bits per heavy atom. The molecule has 1 aliphatic carbocycles. The summed E-state index contributed by atoms with van der Waals surface area (Å²) in [5.74, 6) is 1.58. The highest BCUT2D eigenvalue weighted by atomic mass is 16.3. The van der Waals surface area contributed by atoms with E-state index in [1.54, 1.807) is 0 Å². The molecule has 0 aromatic rings. The molecule has 2 fully saturated rings. The Kier molecular flexibility index (Phi) is 5.46. The van der Waals surface area contributed by atoms with Crippen molar-refractivity contribution < 1.29 is 5.11 Å². The van der Waals surface area contributed by atoms with E-state index >= 15 is 0 Å². The van der Waals surface area contributed by atoms with Crippen LogP contribution in [0.3, 0.4) is 0 Å². The van der Waals surface area contributed by atoms with Gasteiger partial charge in [0.15, 0.2) is 0 Å². The van der Waals surface area contributed by atoms with Crippen LogP contribution in [-0.4, -0.2) is 48.3 Å². The van der Waals surface area contributed by atoms with Gasteiger partial charge in [0.2, 0.25) is 0 Å². The first kappa shape index (κ1) is 14.3. The van der Waals surface area contributed by atoms with Gasteiger partial charge in [-0.3, -0.25) is 4.90 Å². The molecule has 3 nitrogen and oxygen atoms in total. The quantitative estimate of drug-likeness (QED) is 0.759. The molecule has 1 saturated heterocycles. The maximum atomic E-state index is 10.1. The van der Waals surface area contributed by atoms with Crippen molar-refractivity contribution in [2.75, 3.05) is 26.2 Å². The number of piperidine rings is 1. The van der Waals surface area contributed by atoms with E-state index in [-0.39, 0.29) is 6.10 Å². The van der Waals surface area contributed by atoms with Crippen LogP contribution < -0.4 is 5.32 Å². The Bertz CT molecular complexity index is 245. The van der Waals surface area contributed by atoms with Crippen molar-refractivity contribution in [3.8, 4) is 0 Å². The van der Waals surface area contributed by atoms with E-state index in [4.69, 9.17) is 0 Å². The van der Waals surface area contributed by atoms with E-state index in [2.05, 4.69) is 24.1 Å². The largest absolute Gasteiger partial charge is 0.390 e. The number of nitrogens with zero attached hydrogens (tertiary/aromatic N) is 1. The average molecular weight is 254 g/mol. The van der Waals surface area contributed by atoms with Crippen LogP contribution in [0.25, 0.3) is 0 Å². The van der Waals surface area contributed by atoms with Gasteiger partial charge in [0.25, 0.3) is 0 Å². The molecule has 0 aromatic heterocycles. The van der Waals surface area contributed by atoms with Gasteiger partial charge in [-0.15, -0.1) is 0 Å². The van der Waals surface area contributed by atoms with Crippen LogP contribution in [0, 0.1) is 11.8 Å². The molecule has 3 atom stereocenters. The van der Waals surface area contributed by atoms with Crippen LogP contribution in [0.5, 0.6) is 0 Å². The summed E-state index contributed by atoms with van der Waals surface area (Å²) >= 11 is 0. The SMILES string of the molecule is CC(C)CNCC(O)CN1CCCC2CCCC21. The fourth-order valence-corrected chi connectivity index (χ4v) is 3.66. The molecule has 2 N–H and O–H groups in total. The second-order valence-electron chi connectivity index (χ2n) is 6.60. The third-order valence-electron chi connectivity index (χ3n) is 4.49. The van der Waals surface area contributed by atoms with Crippen LogP contribution in [0.4, 0.5) is 0 Å². The Morgan fingerprint density at radius 1 is 1.17 bits per heavy atom. The number of fused-ring (bicyclic) bond motifs is 1. The number of hydrogen-bond acceptors (Lipinski definition) is 3. The van der Waals surface area contributed by atoms with Crippen molar-refractivity contribution in [1.29, 1.82) is 0 Å². The maximum Gasteiger partial charge on any atom is 0.0791 e. The minimum absolute atomic E-state index is 0.205. The number of rotatable bonds is 6. The Labute approximate surface area is 112 Å². The minimum atomic E-state index is -0.205. The molecule has 0 aromatic carbocycles. The van der Waals surface area contributed by atoms with Gasteiger partial charge < -0.3 is 10.4 Å². The van der Waals surface area contributed by atoms with Crippen molar-refractivity contribution in [3.05, 3.63) is 0 Å². The lowest BCUT2D eigenvalue weighted by molar-refractivity contribution is 0.0509. The van der Waals surface area contributed by atoms with Crippen LogP contribution in [0.2, 0.25) is 0 Å². The highest BCUT2D eigenvalue weighted by molar-refractivity contribution is 4.90. The molecule has 1 aliphatic heterocycles. The maximum absolute atomic E-state index is 10.1. The van der Waals surface area contributed by atoms with E-state index < -0.39 is 0 Å². The van der Waals surface area contributed by atoms with Crippen molar-refractivity contribution >= 4 is 0 Å². The summed E-state index contributed by atoms with van der Waals surface area (Å²) < 4.78 is 0. The van der Waals surface area contributed by atoms with Gasteiger partial charge in [-0.05, 0) is 50.6 Å². The number of nitrogens with one attached hydrogen (secondary N) is 1. The zero-order valence-electron chi connectivity index (χ0n) is 12.1. The van der Waals surface area contributed by atoms with Gasteiger partial charge in [-0.25, -0.2) is 0 Å². The molecule has 3 heteroatoms. The Balaban J connectivity index is 1.70. The molecular formula is C15H30N2O. The smallest absolute Gasteiger partial charge is 0.0791 e. The van der Waals surface area contributed by atoms with Gasteiger partial charge in [0, 0.05) is 19.1 Å². The Hall–Kier alpha value is -0.120. The third-order valence-corrected chi connectivity index (χ3v) is 4.49. The first-order valence-corrected chi connectivity index (χ1v) is 7.79. The number of hydrogen-bond donors (Lipinski definition) is 2. The van der Waals surface area contributed by atoms with Crippen molar-refractivity contribution in [2.24, 2.45) is 11.8 Å². The zero-order chi connectivity index (χ0) is 13.0. The van der Waals surface area contributed by atoms with Gasteiger partial charge in [0.05, 0.1) is 6.10 Å². The van der Waals surface area contributed by atoms with Gasteiger partial charge in [-0.2, -0.15) is 0 Å². The molecule has 0 bridgehead atoms. The lowest BCUT2D eigenvalue weighted by Crippen LogP contribution is -2.48. The summed E-state index contributed by atoms with van der Waals surface area (Å²) in [5, 5.41) is 13.5. The van der Waals surface area contributed by atoms with E-state index in [1.807, 2.05) is 0 Å². The molecule has 18 heavy (non-hydrogen) atoms. The summed E-state index contributed by atoms with van der Waals surface area (Å²) in [5.41, 5.74) is 0. The molecular weight excluding hydrogens is 224 g/mol. The number of aliphatic hydroxyl groups is 1. The number of likely N-dealkylation sites (tertiary alicyclic amines) is 1. The predicted octanol–water partition coefficient (Wildman–Crippen LogP) is 1.86. The third kappa shape index (κ3) is 3.94. The van der Waals surface area contributed by atoms with Crippen molar-refractivity contribution in [3.63, 3.8) is 0 Å². The van der Waals surface area contributed by atoms with Gasteiger partial charge >= 0.3 is 0 Å². The fourth-order valence-electron chi connectivity index (χ4n) is 3.66. The number of aliphatic hydroxyl groups excluding tert-OH is 1. The molecule has 1 heterocycles. The second-order valence-corrected chi connectivity index (χ2v) is 6.60. The van der Waals surface area contributed by atoms with Gasteiger partial charge in [0.1, 0.15) is 0 Å². The van der Waals surface area contributed by atoms with Crippen LogP contribution in [0.1, 0.15) is 46.0 Å². The van der Waals surface area contributed by atoms with E-state index in [9.17, 15) is 5.11 Å². The van der Waals surface area contributed by atoms with Crippen LogP contribution >= 0.6 is 0 Å². The predicted molar refractivity (Wildman–Crippen MR) is 75.7 cm³/mol. The van der Waals surface area contributed by atoms with E-state index in [1.165, 1.54) is 38.6 Å². The highest BCUT2D eigenvalue weighted by Crippen LogP contribution is 2.36. The first-order valence-electron chi connectivity index (χ1n) is 7.79. The summed E-state index contributed by atoms with van der Waals surface area (Å²) in [4.78, 5) is 2.56. The lowest BCUT2D eigenvalue weighted by atomic mass is 9.92. The topological polar surface area (TPSA) is 35.5 Å². The second kappa shape index (κ2) is 6.88. The minimum Gasteiger partial charge on any atom is -0.390 e. The normalized spacial score (nSPS) is 30.7. The standard InChI is InChI=1S/C15H30N2O/c1-12(2)9-16-10-14(18)11-17-8-4-6-13-5-3-7-15(13)17/h12-16,18H,3-11H2,1-2H3. The molecule has 3 unspecified atom stereocenters. The molecule has 2 rings (SSSR count). The molecule has 2 aliphatic rings. The molecule has 106 valence electrons. The molecule has 0 amide bonds. The summed E-state index contributed by atoms with van der Waals surface area (Å²) in [6.07, 6.45) is 6.71. The summed E-state index contributed by atoms with van der Waals surface area (Å²) in [7, 11) is 0. The van der Waals surface area contributed by atoms with E-state index in [0.717, 1.165) is 31.6 Å². The van der Waals surface area contributed by atoms with Crippen LogP contribution in [-0.2, 0) is 0 Å². The van der Waals surface area contributed by atoms with Gasteiger partial charge in [-0.1, -0.05) is 20.3 Å². The lowest BCUT2D eigenvalue weighted by Gasteiger charge is -2.38. The fraction of sp³-hybridized carbons (Fsp3) is 1.00. The number of β-amino-alcohol motifs (C(OH)–C–C–N with tert-alkyl or cyclic N) is 1. The first-order chi connectivity index (χ1) is 8.66. The Morgan fingerprint density at radius 3 is 2.72 bits per heavy atom. The summed E-state index contributed by atoms with van der Waals surface area (Å²) in [6, 6.07) is 0.776. The molecule has 0 radical (unpaired) electrons. The van der Waals surface area contributed by atoms with Crippen LogP contribution in [0.15, 0.2) is 0 Å². The average Bonchev–Trinajstić information content (AvgIpc) is 2.77. The monoisotopic (exact) mass is 254 g/mol. The molecule has 1 saturated carbocycles.